The molecule has 0 unspecified atom stereocenters. The van der Waals surface area contributed by atoms with Crippen LogP contribution in [-0.4, -0.2) is 19.1 Å². The van der Waals surface area contributed by atoms with Crippen molar-refractivity contribution in [2.24, 2.45) is 5.41 Å². The molecular weight excluding hydrogens is 240 g/mol. The fraction of sp³-hybridized carbons (Fsp3) is 0.533. The first-order chi connectivity index (χ1) is 9.13. The number of carbonyl (C=O) groups excluding carboxylic acids is 1. The zero-order valence-electron chi connectivity index (χ0n) is 11.4. The molecule has 4 nitrogen and oxygen atoms in total. The number of nitrogens with two attached hydrogens (primary N) is 1. The van der Waals surface area contributed by atoms with Crippen LogP contribution in [0.5, 0.6) is 5.75 Å². The summed E-state index contributed by atoms with van der Waals surface area (Å²) < 4.78 is 5.49. The first-order valence-corrected chi connectivity index (χ1v) is 6.89. The normalized spacial score (nSPS) is 15.8. The molecule has 1 aromatic carbocycles. The second-order valence-corrected chi connectivity index (χ2v) is 5.30. The summed E-state index contributed by atoms with van der Waals surface area (Å²) >= 11 is 0. The first-order valence-electron chi connectivity index (χ1n) is 6.89. The third-order valence-corrected chi connectivity index (χ3v) is 3.82. The maximum absolute atomic E-state index is 11.7. The van der Waals surface area contributed by atoms with E-state index in [4.69, 9.17) is 10.5 Å². The van der Waals surface area contributed by atoms with E-state index in [9.17, 15) is 4.79 Å². The number of ether oxygens (including phenoxy) is 1. The quantitative estimate of drug-likeness (QED) is 0.741. The minimum atomic E-state index is 0.0589. The van der Waals surface area contributed by atoms with Crippen LogP contribution in [0.15, 0.2) is 24.3 Å². The fourth-order valence-corrected chi connectivity index (χ4v) is 2.07. The van der Waals surface area contributed by atoms with Gasteiger partial charge in [0.15, 0.2) is 0 Å². The molecule has 1 aliphatic carbocycles. The van der Waals surface area contributed by atoms with Gasteiger partial charge >= 0.3 is 0 Å². The molecule has 3 N–H and O–H groups in total. The maximum atomic E-state index is 11.7. The van der Waals surface area contributed by atoms with Crippen molar-refractivity contribution in [3.63, 3.8) is 0 Å². The first kappa shape index (κ1) is 13.7. The molecule has 0 heterocycles. The fourth-order valence-electron chi connectivity index (χ4n) is 2.07. The van der Waals surface area contributed by atoms with Crippen LogP contribution in [0, 0.1) is 5.41 Å². The summed E-state index contributed by atoms with van der Waals surface area (Å²) in [6.07, 6.45) is 4.01. The molecule has 1 saturated carbocycles. The van der Waals surface area contributed by atoms with E-state index in [-0.39, 0.29) is 5.91 Å². The topological polar surface area (TPSA) is 64.3 Å². The van der Waals surface area contributed by atoms with Gasteiger partial charge in [-0.05, 0) is 36.8 Å². The monoisotopic (exact) mass is 262 g/mol. The van der Waals surface area contributed by atoms with Gasteiger partial charge in [0.05, 0.1) is 13.0 Å². The number of nitrogen functional groups attached to an aromatic ring is 1. The van der Waals surface area contributed by atoms with Crippen molar-refractivity contribution in [3.05, 3.63) is 24.3 Å². The van der Waals surface area contributed by atoms with E-state index >= 15 is 0 Å². The summed E-state index contributed by atoms with van der Waals surface area (Å²) in [5.41, 5.74) is 6.71. The van der Waals surface area contributed by atoms with Gasteiger partial charge in [0.1, 0.15) is 5.75 Å². The Balaban J connectivity index is 1.64. The molecule has 0 spiro atoms. The van der Waals surface area contributed by atoms with Crippen molar-refractivity contribution < 1.29 is 9.53 Å². The Labute approximate surface area is 114 Å². The van der Waals surface area contributed by atoms with Crippen LogP contribution in [0.2, 0.25) is 0 Å². The molecule has 0 aliphatic heterocycles. The second kappa shape index (κ2) is 5.95. The van der Waals surface area contributed by atoms with Gasteiger partial charge in [-0.2, -0.15) is 0 Å². The molecular formula is C15H22N2O2. The number of hydrogen-bond donors (Lipinski definition) is 2. The molecule has 2 rings (SSSR count). The highest BCUT2D eigenvalue weighted by molar-refractivity contribution is 5.76. The SMILES string of the molecule is CCC1(CNC(=O)CCOc2cccc(N)c2)CC1. The molecule has 0 saturated heterocycles. The number of anilines is 1. The molecule has 0 bridgehead atoms. The van der Waals surface area contributed by atoms with Gasteiger partial charge in [0, 0.05) is 18.3 Å². The van der Waals surface area contributed by atoms with Crippen molar-refractivity contribution in [1.82, 2.24) is 5.32 Å². The van der Waals surface area contributed by atoms with Crippen molar-refractivity contribution >= 4 is 11.6 Å². The predicted molar refractivity (Wildman–Crippen MR) is 75.9 cm³/mol. The van der Waals surface area contributed by atoms with Crippen molar-refractivity contribution in [2.75, 3.05) is 18.9 Å². The van der Waals surface area contributed by atoms with E-state index in [1.165, 1.54) is 12.8 Å². The van der Waals surface area contributed by atoms with E-state index in [1.54, 1.807) is 12.1 Å². The van der Waals surface area contributed by atoms with E-state index in [0.29, 0.717) is 29.9 Å². The third-order valence-electron chi connectivity index (χ3n) is 3.82. The Morgan fingerprint density at radius 1 is 1.47 bits per heavy atom. The van der Waals surface area contributed by atoms with Crippen LogP contribution in [0.25, 0.3) is 0 Å². The molecule has 1 amide bonds. The number of amides is 1. The lowest BCUT2D eigenvalue weighted by atomic mass is 10.0. The van der Waals surface area contributed by atoms with Crippen LogP contribution in [0.1, 0.15) is 32.6 Å². The van der Waals surface area contributed by atoms with Gasteiger partial charge in [0.25, 0.3) is 0 Å². The average Bonchev–Trinajstić information content (AvgIpc) is 3.17. The molecule has 0 radical (unpaired) electrons. The summed E-state index contributed by atoms with van der Waals surface area (Å²) in [5.74, 6) is 0.767. The molecule has 0 atom stereocenters. The molecule has 19 heavy (non-hydrogen) atoms. The lowest BCUT2D eigenvalue weighted by molar-refractivity contribution is -0.121. The number of carbonyl (C=O) groups is 1. The van der Waals surface area contributed by atoms with Gasteiger partial charge in [0.2, 0.25) is 5.91 Å². The Morgan fingerprint density at radius 3 is 2.89 bits per heavy atom. The van der Waals surface area contributed by atoms with Gasteiger partial charge in [-0.1, -0.05) is 13.0 Å². The van der Waals surface area contributed by atoms with Gasteiger partial charge in [-0.25, -0.2) is 0 Å². The highest BCUT2D eigenvalue weighted by Gasteiger charge is 2.40. The standard InChI is InChI=1S/C15H22N2O2/c1-2-15(7-8-15)11-17-14(18)6-9-19-13-5-3-4-12(16)10-13/h3-5,10H,2,6-9,11,16H2,1H3,(H,17,18). The third kappa shape index (κ3) is 4.16. The number of benzene rings is 1. The zero-order chi connectivity index (χ0) is 13.7. The lowest BCUT2D eigenvalue weighted by Gasteiger charge is -2.13. The summed E-state index contributed by atoms with van der Waals surface area (Å²) in [6, 6.07) is 7.24. The highest BCUT2D eigenvalue weighted by Crippen LogP contribution is 2.47. The summed E-state index contributed by atoms with van der Waals surface area (Å²) in [5, 5.41) is 2.99. The summed E-state index contributed by atoms with van der Waals surface area (Å²) in [6.45, 7) is 3.37. The second-order valence-electron chi connectivity index (χ2n) is 5.30. The van der Waals surface area contributed by atoms with Crippen LogP contribution >= 0.6 is 0 Å². The molecule has 4 heteroatoms. The van der Waals surface area contributed by atoms with E-state index < -0.39 is 0 Å². The van der Waals surface area contributed by atoms with E-state index in [1.807, 2.05) is 12.1 Å². The summed E-state index contributed by atoms with van der Waals surface area (Å²) in [4.78, 5) is 11.7. The van der Waals surface area contributed by atoms with Crippen LogP contribution in [-0.2, 0) is 4.79 Å². The molecule has 1 aromatic rings. The number of hydrogen-bond acceptors (Lipinski definition) is 3. The molecule has 1 fully saturated rings. The van der Waals surface area contributed by atoms with E-state index in [2.05, 4.69) is 12.2 Å². The van der Waals surface area contributed by atoms with Crippen molar-refractivity contribution in [3.8, 4) is 5.75 Å². The minimum absolute atomic E-state index is 0.0589. The van der Waals surface area contributed by atoms with Crippen LogP contribution < -0.4 is 15.8 Å². The smallest absolute Gasteiger partial charge is 0.223 e. The average molecular weight is 262 g/mol. The predicted octanol–water partition coefficient (Wildman–Crippen LogP) is 2.34. The molecule has 104 valence electrons. The Kier molecular flexibility index (Phi) is 4.30. The zero-order valence-corrected chi connectivity index (χ0v) is 11.4. The summed E-state index contributed by atoms with van der Waals surface area (Å²) in [7, 11) is 0. The molecule has 0 aromatic heterocycles. The minimum Gasteiger partial charge on any atom is -0.493 e. The van der Waals surface area contributed by atoms with Crippen molar-refractivity contribution in [2.45, 2.75) is 32.6 Å². The highest BCUT2D eigenvalue weighted by atomic mass is 16.5. The van der Waals surface area contributed by atoms with Crippen molar-refractivity contribution in [1.29, 1.82) is 0 Å². The van der Waals surface area contributed by atoms with Gasteiger partial charge < -0.3 is 15.8 Å². The number of rotatable bonds is 7. The largest absolute Gasteiger partial charge is 0.493 e. The Bertz CT molecular complexity index is 442. The maximum Gasteiger partial charge on any atom is 0.223 e. The van der Waals surface area contributed by atoms with Crippen LogP contribution in [0.4, 0.5) is 5.69 Å². The van der Waals surface area contributed by atoms with E-state index in [0.717, 1.165) is 13.0 Å². The number of nitrogens with one attached hydrogen (secondary N) is 1. The van der Waals surface area contributed by atoms with Crippen LogP contribution in [0.3, 0.4) is 0 Å². The molecule has 1 aliphatic rings. The van der Waals surface area contributed by atoms with Gasteiger partial charge in [-0.3, -0.25) is 4.79 Å². The van der Waals surface area contributed by atoms with Gasteiger partial charge in [-0.15, -0.1) is 0 Å². The Morgan fingerprint density at radius 2 is 2.26 bits per heavy atom. The Hall–Kier alpha value is -1.71. The lowest BCUT2D eigenvalue weighted by Crippen LogP contribution is -2.30.